The smallest absolute Gasteiger partial charge is 0.182 e. The van der Waals surface area contributed by atoms with Crippen molar-refractivity contribution in [1.29, 1.82) is 5.26 Å². The molecule has 1 aromatic carbocycles. The zero-order valence-electron chi connectivity index (χ0n) is 14.4. The lowest BCUT2D eigenvalue weighted by Gasteiger charge is -2.40. The van der Waals surface area contributed by atoms with Crippen molar-refractivity contribution < 1.29 is 4.74 Å². The van der Waals surface area contributed by atoms with Crippen LogP contribution < -0.4 is 10.6 Å². The van der Waals surface area contributed by atoms with Gasteiger partial charge in [0.15, 0.2) is 11.5 Å². The molecule has 0 bridgehead atoms. The fraction of sp³-hybridized carbons (Fsp3) is 0.421. The molecule has 0 aliphatic carbocycles. The Morgan fingerprint density at radius 1 is 1.20 bits per heavy atom. The summed E-state index contributed by atoms with van der Waals surface area (Å²) in [5.74, 6) is 0.532. The van der Waals surface area contributed by atoms with Crippen LogP contribution in [0.1, 0.15) is 37.1 Å². The molecule has 0 spiro atoms. The second-order valence-electron chi connectivity index (χ2n) is 6.39. The summed E-state index contributed by atoms with van der Waals surface area (Å²) in [6.07, 6.45) is 4.93. The summed E-state index contributed by atoms with van der Waals surface area (Å²) in [4.78, 5) is 8.31. The Bertz CT molecular complexity index is 722. The van der Waals surface area contributed by atoms with E-state index in [1.165, 1.54) is 11.8 Å². The Morgan fingerprint density at radius 3 is 2.64 bits per heavy atom. The number of nitriles is 1. The molecule has 1 fully saturated rings. The highest BCUT2D eigenvalue weighted by Gasteiger charge is 2.34. The SMILES string of the molecule is CC(NC1(CNc2nccnc2C#N)CCOCC1)c1ccccc1. The second-order valence-corrected chi connectivity index (χ2v) is 6.39. The molecule has 1 atom stereocenters. The zero-order valence-corrected chi connectivity index (χ0v) is 14.4. The Hall–Kier alpha value is -2.49. The van der Waals surface area contributed by atoms with Crippen molar-refractivity contribution >= 4 is 5.82 Å². The van der Waals surface area contributed by atoms with E-state index in [1.54, 1.807) is 6.20 Å². The van der Waals surface area contributed by atoms with Gasteiger partial charge in [-0.25, -0.2) is 9.97 Å². The van der Waals surface area contributed by atoms with Crippen LogP contribution in [0.15, 0.2) is 42.7 Å². The van der Waals surface area contributed by atoms with Crippen LogP contribution in [0.3, 0.4) is 0 Å². The molecule has 1 aliphatic rings. The first-order valence-corrected chi connectivity index (χ1v) is 8.58. The number of aromatic nitrogens is 2. The van der Waals surface area contributed by atoms with Gasteiger partial charge >= 0.3 is 0 Å². The molecule has 0 saturated carbocycles. The van der Waals surface area contributed by atoms with E-state index in [0.29, 0.717) is 18.1 Å². The average Bonchev–Trinajstić information content (AvgIpc) is 2.68. The van der Waals surface area contributed by atoms with Crippen LogP contribution in [-0.2, 0) is 4.74 Å². The molecule has 1 aromatic heterocycles. The number of nitrogens with one attached hydrogen (secondary N) is 2. The van der Waals surface area contributed by atoms with E-state index in [1.807, 2.05) is 6.07 Å². The Balaban J connectivity index is 1.73. The molecule has 130 valence electrons. The highest BCUT2D eigenvalue weighted by molar-refractivity contribution is 5.47. The third-order valence-electron chi connectivity index (χ3n) is 4.67. The predicted molar refractivity (Wildman–Crippen MR) is 96.0 cm³/mol. The van der Waals surface area contributed by atoms with Crippen LogP contribution in [0.25, 0.3) is 0 Å². The third kappa shape index (κ3) is 4.32. The van der Waals surface area contributed by atoms with E-state index >= 15 is 0 Å². The first kappa shape index (κ1) is 17.3. The van der Waals surface area contributed by atoms with Crippen LogP contribution in [0.2, 0.25) is 0 Å². The monoisotopic (exact) mass is 337 g/mol. The van der Waals surface area contributed by atoms with Crippen LogP contribution in [0.5, 0.6) is 0 Å². The predicted octanol–water partition coefficient (Wildman–Crippen LogP) is 2.66. The molecule has 2 heterocycles. The zero-order chi connectivity index (χ0) is 17.5. The summed E-state index contributed by atoms with van der Waals surface area (Å²) in [6.45, 7) is 4.29. The number of anilines is 1. The molecule has 1 unspecified atom stereocenters. The van der Waals surface area contributed by atoms with Gasteiger partial charge in [0.1, 0.15) is 6.07 Å². The summed E-state index contributed by atoms with van der Waals surface area (Å²) in [6, 6.07) is 12.7. The lowest BCUT2D eigenvalue weighted by atomic mass is 9.88. The van der Waals surface area contributed by atoms with E-state index in [2.05, 4.69) is 57.9 Å². The number of hydrogen-bond donors (Lipinski definition) is 2. The number of ether oxygens (including phenoxy) is 1. The van der Waals surface area contributed by atoms with Gasteiger partial charge < -0.3 is 15.4 Å². The third-order valence-corrected chi connectivity index (χ3v) is 4.67. The fourth-order valence-electron chi connectivity index (χ4n) is 3.22. The Kier molecular flexibility index (Phi) is 5.59. The topological polar surface area (TPSA) is 82.9 Å². The standard InChI is InChI=1S/C19H23N5O/c1-15(16-5-3-2-4-6-16)24-19(7-11-25-12-8-19)14-23-18-17(13-20)21-9-10-22-18/h2-6,9-10,15,24H,7-8,11-12,14H2,1H3,(H,22,23). The van der Waals surface area contributed by atoms with E-state index in [0.717, 1.165) is 26.1 Å². The lowest BCUT2D eigenvalue weighted by Crippen LogP contribution is -2.54. The van der Waals surface area contributed by atoms with Crippen LogP contribution in [0, 0.1) is 11.3 Å². The van der Waals surface area contributed by atoms with Crippen molar-refractivity contribution in [3.63, 3.8) is 0 Å². The van der Waals surface area contributed by atoms with Crippen molar-refractivity contribution in [1.82, 2.24) is 15.3 Å². The fourth-order valence-corrected chi connectivity index (χ4v) is 3.22. The van der Waals surface area contributed by atoms with E-state index < -0.39 is 0 Å². The van der Waals surface area contributed by atoms with Crippen molar-refractivity contribution in [3.8, 4) is 6.07 Å². The number of nitrogens with zero attached hydrogens (tertiary/aromatic N) is 3. The molecule has 6 heteroatoms. The van der Waals surface area contributed by atoms with Gasteiger partial charge in [-0.15, -0.1) is 0 Å². The van der Waals surface area contributed by atoms with Crippen LogP contribution in [0.4, 0.5) is 5.82 Å². The number of benzene rings is 1. The average molecular weight is 337 g/mol. The van der Waals surface area contributed by atoms with Gasteiger partial charge in [-0.1, -0.05) is 30.3 Å². The Morgan fingerprint density at radius 2 is 1.92 bits per heavy atom. The summed E-state index contributed by atoms with van der Waals surface area (Å²) in [7, 11) is 0. The highest BCUT2D eigenvalue weighted by atomic mass is 16.5. The summed E-state index contributed by atoms with van der Waals surface area (Å²) < 4.78 is 5.56. The van der Waals surface area contributed by atoms with E-state index in [9.17, 15) is 5.26 Å². The van der Waals surface area contributed by atoms with Crippen LogP contribution >= 0.6 is 0 Å². The number of rotatable bonds is 6. The maximum Gasteiger partial charge on any atom is 0.182 e. The normalized spacial score (nSPS) is 17.4. The van der Waals surface area contributed by atoms with Gasteiger partial charge in [0.2, 0.25) is 0 Å². The minimum atomic E-state index is -0.113. The molecule has 1 aliphatic heterocycles. The van der Waals surface area contributed by atoms with E-state index in [4.69, 9.17) is 4.74 Å². The molecule has 0 amide bonds. The van der Waals surface area contributed by atoms with Gasteiger partial charge in [0, 0.05) is 43.7 Å². The molecular weight excluding hydrogens is 314 g/mol. The largest absolute Gasteiger partial charge is 0.381 e. The van der Waals surface area contributed by atoms with Crippen molar-refractivity contribution in [2.45, 2.75) is 31.3 Å². The van der Waals surface area contributed by atoms with Gasteiger partial charge in [-0.3, -0.25) is 0 Å². The van der Waals surface area contributed by atoms with Gasteiger partial charge in [0.25, 0.3) is 0 Å². The van der Waals surface area contributed by atoms with Crippen molar-refractivity contribution in [2.75, 3.05) is 25.1 Å². The maximum atomic E-state index is 9.19. The van der Waals surface area contributed by atoms with Crippen LogP contribution in [-0.4, -0.2) is 35.3 Å². The van der Waals surface area contributed by atoms with Gasteiger partial charge in [-0.2, -0.15) is 5.26 Å². The Labute approximate surface area is 148 Å². The van der Waals surface area contributed by atoms with Gasteiger partial charge in [-0.05, 0) is 25.3 Å². The maximum absolute atomic E-state index is 9.19. The van der Waals surface area contributed by atoms with Gasteiger partial charge in [0.05, 0.1) is 0 Å². The lowest BCUT2D eigenvalue weighted by molar-refractivity contribution is 0.0389. The first-order valence-electron chi connectivity index (χ1n) is 8.58. The molecule has 0 radical (unpaired) electrons. The molecule has 2 N–H and O–H groups in total. The molecule has 2 aromatic rings. The molecule has 3 rings (SSSR count). The minimum absolute atomic E-state index is 0.113. The first-order chi connectivity index (χ1) is 12.2. The highest BCUT2D eigenvalue weighted by Crippen LogP contribution is 2.26. The molecular formula is C19H23N5O. The van der Waals surface area contributed by atoms with Crippen molar-refractivity contribution in [2.24, 2.45) is 0 Å². The van der Waals surface area contributed by atoms with E-state index in [-0.39, 0.29) is 11.6 Å². The summed E-state index contributed by atoms with van der Waals surface area (Å²) in [5.41, 5.74) is 1.46. The summed E-state index contributed by atoms with van der Waals surface area (Å²) in [5, 5.41) is 16.3. The molecule has 6 nitrogen and oxygen atoms in total. The molecule has 1 saturated heterocycles. The quantitative estimate of drug-likeness (QED) is 0.843. The minimum Gasteiger partial charge on any atom is -0.381 e. The molecule has 25 heavy (non-hydrogen) atoms. The second kappa shape index (κ2) is 8.06. The number of hydrogen-bond acceptors (Lipinski definition) is 6. The summed E-state index contributed by atoms with van der Waals surface area (Å²) >= 11 is 0. The van der Waals surface area contributed by atoms with Crippen molar-refractivity contribution in [3.05, 3.63) is 54.0 Å².